The highest BCUT2D eigenvalue weighted by atomic mass is 32.2. The highest BCUT2D eigenvalue weighted by molar-refractivity contribution is 7.98. The smallest absolute Gasteiger partial charge is 0.336 e. The average Bonchev–Trinajstić information content (AvgIpc) is 3.69. The Hall–Kier alpha value is -3.96. The predicted molar refractivity (Wildman–Crippen MR) is 181 cm³/mol. The van der Waals surface area contributed by atoms with Crippen molar-refractivity contribution < 1.29 is 48.4 Å². The fraction of sp³-hybridized carbons (Fsp3) is 0.378. The number of amides is 1. The van der Waals surface area contributed by atoms with Crippen LogP contribution in [0, 0.1) is 12.7 Å². The summed E-state index contributed by atoms with van der Waals surface area (Å²) >= 11 is 0.590. The van der Waals surface area contributed by atoms with Gasteiger partial charge in [-0.2, -0.15) is 18.2 Å². The molecule has 1 amide bonds. The van der Waals surface area contributed by atoms with Crippen molar-refractivity contribution in [1.82, 2.24) is 19.4 Å². The minimum atomic E-state index is -5.21. The fourth-order valence-electron chi connectivity index (χ4n) is 4.75. The second-order valence-electron chi connectivity index (χ2n) is 10.2. The number of nitrogens with zero attached hydrogens (tertiary/aromatic N) is 4. The first-order valence-electron chi connectivity index (χ1n) is 23.8. The van der Waals surface area contributed by atoms with Crippen LogP contribution in [0.3, 0.4) is 0 Å². The first kappa shape index (κ1) is 18.2. The van der Waals surface area contributed by atoms with E-state index in [4.69, 9.17) is 23.3 Å². The lowest BCUT2D eigenvalue weighted by molar-refractivity contribution is -0.138. The number of thioether (sulfide) groups is 1. The lowest BCUT2D eigenvalue weighted by Crippen LogP contribution is -2.40. The molecule has 1 heterocycles. The number of halogens is 4. The van der Waals surface area contributed by atoms with Crippen molar-refractivity contribution in [3.63, 3.8) is 0 Å². The Kier molecular flexibility index (Phi) is 5.86. The second kappa shape index (κ2) is 15.5. The lowest BCUT2D eigenvalue weighted by atomic mass is 9.98. The van der Waals surface area contributed by atoms with Gasteiger partial charge in [0.15, 0.2) is 5.16 Å². The normalized spacial score (nSPS) is 19.7. The molecule has 48 heavy (non-hydrogen) atoms. The highest BCUT2D eigenvalue weighted by Crippen LogP contribution is 2.34. The van der Waals surface area contributed by atoms with Gasteiger partial charge in [0.05, 0.1) is 23.4 Å². The molecule has 254 valence electrons. The van der Waals surface area contributed by atoms with Crippen LogP contribution in [-0.4, -0.2) is 51.2 Å². The number of aromatic nitrogens is 2. The number of hydrogen-bond acceptors (Lipinski definition) is 5. The van der Waals surface area contributed by atoms with Crippen LogP contribution in [0.25, 0.3) is 11.1 Å². The molecule has 0 unspecified atom stereocenters. The van der Waals surface area contributed by atoms with Gasteiger partial charge in [0.1, 0.15) is 12.4 Å². The largest absolute Gasteiger partial charge is 0.416 e. The molecule has 1 aromatic heterocycles. The minimum absolute atomic E-state index is 0.0356. The zero-order valence-electron chi connectivity index (χ0n) is 44.8. The van der Waals surface area contributed by atoms with E-state index in [1.54, 1.807) is 0 Å². The van der Waals surface area contributed by atoms with Gasteiger partial charge in [0.25, 0.3) is 5.56 Å². The van der Waals surface area contributed by atoms with E-state index in [-0.39, 0.29) is 44.6 Å². The first-order valence-corrected chi connectivity index (χ1v) is 15.3. The number of alkyl halides is 3. The van der Waals surface area contributed by atoms with E-state index in [1.165, 1.54) is 0 Å². The van der Waals surface area contributed by atoms with Crippen LogP contribution in [0.1, 0.15) is 79.8 Å². The van der Waals surface area contributed by atoms with E-state index < -0.39 is 163 Å². The summed E-state index contributed by atoms with van der Waals surface area (Å²) in [6, 6.07) is -11.9. The summed E-state index contributed by atoms with van der Waals surface area (Å²) in [6.07, 6.45) is -4.64. The standard InChI is InChI=1S/C37H40F4N4O2S/c1-4-43(5-2)19-20-44(22-26-9-13-28(14-10-26)29-15-18-32(25(3)21-29)37(39,40)41)34(46)23-45-33-8-6-7-31(33)35(47)42-36(45)48-24-27-11-16-30(38)17-12-27/h9-18,21H,4-8,19-20,22-24H2,1-3H3/i4D2,5D2,9D,10D,11D,12D,13D,14D,15D,16D,17D,18D,19D2,20D2,21D. The van der Waals surface area contributed by atoms with Gasteiger partial charge in [-0.1, -0.05) is 73.9 Å². The molecule has 0 spiro atoms. The monoisotopic (exact) mass is 699 g/mol. The topological polar surface area (TPSA) is 58.4 Å². The maximum Gasteiger partial charge on any atom is 0.416 e. The first-order chi connectivity index (χ1) is 30.4. The van der Waals surface area contributed by atoms with Crippen molar-refractivity contribution in [2.24, 2.45) is 0 Å². The summed E-state index contributed by atoms with van der Waals surface area (Å²) in [6.45, 7) is -14.2. The molecule has 0 fully saturated rings. The van der Waals surface area contributed by atoms with Crippen molar-refractivity contribution in [2.45, 2.75) is 70.2 Å². The summed E-state index contributed by atoms with van der Waals surface area (Å²) < 4.78 is 219. The third-order valence-electron chi connectivity index (χ3n) is 7.06. The van der Waals surface area contributed by atoms with E-state index in [1.807, 2.05) is 0 Å². The third-order valence-corrected chi connectivity index (χ3v) is 8.06. The summed E-state index contributed by atoms with van der Waals surface area (Å²) in [5.41, 5.74) is -6.10. The average molecular weight is 700 g/mol. The van der Waals surface area contributed by atoms with Crippen molar-refractivity contribution >= 4 is 17.7 Å². The van der Waals surface area contributed by atoms with E-state index >= 15 is 0 Å². The number of carbonyl (C=O) groups is 1. The van der Waals surface area contributed by atoms with Crippen molar-refractivity contribution in [1.29, 1.82) is 0 Å². The highest BCUT2D eigenvalue weighted by Gasteiger charge is 2.32. The third kappa shape index (κ3) is 8.54. The SMILES string of the molecule is [2H]c1c([2H])c(CSc2nc(=O)c3c(n2CC(=O)N(Cc2c([2H])c([2H])c(-c4c([2H])c([2H])c(C(F)(F)F)c(C)c4[2H])c([2H])c2[2H])C([2H])([2H])C([2H])([2H])N(C([2H])([2H])C)C([2H])([2H])C)CCC3)c([2H])c([2H])c1F. The van der Waals surface area contributed by atoms with Gasteiger partial charge in [0, 0.05) is 44.8 Å². The van der Waals surface area contributed by atoms with Crippen LogP contribution in [-0.2, 0) is 42.7 Å². The van der Waals surface area contributed by atoms with Crippen LogP contribution in [0.15, 0.2) is 76.4 Å². The van der Waals surface area contributed by atoms with Crippen LogP contribution >= 0.6 is 11.8 Å². The van der Waals surface area contributed by atoms with Gasteiger partial charge in [-0.3, -0.25) is 9.59 Å². The molecule has 11 heteroatoms. The number of likely N-dealkylation sites (N-methyl/N-ethyl adjacent to an activating group) is 1. The molecule has 1 aliphatic carbocycles. The summed E-state index contributed by atoms with van der Waals surface area (Å²) in [7, 11) is 0. The van der Waals surface area contributed by atoms with Crippen LogP contribution in [0.2, 0.25) is 0 Å². The van der Waals surface area contributed by atoms with Gasteiger partial charge in [-0.25, -0.2) is 4.39 Å². The summed E-state index contributed by atoms with van der Waals surface area (Å²) in [5, 5.41) is -0.341. The number of rotatable bonds is 13. The molecule has 0 atom stereocenters. The van der Waals surface area contributed by atoms with Gasteiger partial charge in [0.2, 0.25) is 5.91 Å². The Morgan fingerprint density at radius 3 is 2.31 bits per heavy atom. The Morgan fingerprint density at radius 2 is 1.65 bits per heavy atom. The number of hydrogen-bond donors (Lipinski definition) is 0. The summed E-state index contributed by atoms with van der Waals surface area (Å²) in [5.74, 6) is -3.43. The number of carbonyl (C=O) groups excluding carboxylic acids is 1. The van der Waals surface area contributed by atoms with E-state index in [0.29, 0.717) is 32.0 Å². The predicted octanol–water partition coefficient (Wildman–Crippen LogP) is 7.53. The molecule has 0 radical (unpaired) electrons. The lowest BCUT2D eigenvalue weighted by Gasteiger charge is -2.28. The Bertz CT molecular complexity index is 2660. The molecule has 3 aromatic carbocycles. The van der Waals surface area contributed by atoms with Gasteiger partial charge in [-0.05, 0) is 85.1 Å². The van der Waals surface area contributed by atoms with Gasteiger partial charge in [-0.15, -0.1) is 0 Å². The van der Waals surface area contributed by atoms with E-state index in [9.17, 15) is 29.9 Å². The molecule has 0 saturated heterocycles. The molecular formula is C37H40F4N4O2S. The van der Waals surface area contributed by atoms with Gasteiger partial charge < -0.3 is 14.4 Å². The van der Waals surface area contributed by atoms with Crippen molar-refractivity contribution in [3.8, 4) is 11.1 Å². The van der Waals surface area contributed by atoms with Crippen LogP contribution in [0.4, 0.5) is 17.6 Å². The Balaban J connectivity index is 1.75. The molecule has 0 bridgehead atoms. The van der Waals surface area contributed by atoms with E-state index in [2.05, 4.69) is 4.98 Å². The van der Waals surface area contributed by atoms with Gasteiger partial charge >= 0.3 is 6.18 Å². The second-order valence-corrected chi connectivity index (χ2v) is 11.2. The summed E-state index contributed by atoms with van der Waals surface area (Å²) in [4.78, 5) is 32.0. The van der Waals surface area contributed by atoms with Crippen molar-refractivity contribution in [3.05, 3.63) is 116 Å². The quantitative estimate of drug-likeness (QED) is 0.0821. The molecule has 5 rings (SSSR count). The molecule has 6 nitrogen and oxygen atoms in total. The number of fused-ring (bicyclic) bond motifs is 1. The minimum Gasteiger partial charge on any atom is -0.336 e. The Morgan fingerprint density at radius 1 is 0.979 bits per heavy atom. The molecule has 0 aliphatic heterocycles. The Labute approximate surface area is 309 Å². The molecular weight excluding hydrogens is 640 g/mol. The zero-order valence-corrected chi connectivity index (χ0v) is 26.6. The zero-order chi connectivity index (χ0) is 51.2. The molecule has 1 aliphatic rings. The molecule has 0 N–H and O–H groups in total. The maximum atomic E-state index is 14.9. The maximum absolute atomic E-state index is 14.9. The molecule has 0 saturated carbocycles. The van der Waals surface area contributed by atoms with Crippen LogP contribution in [0.5, 0.6) is 0 Å². The van der Waals surface area contributed by atoms with E-state index in [0.717, 1.165) is 11.5 Å². The fourth-order valence-corrected chi connectivity index (χ4v) is 5.64. The molecule has 4 aromatic rings. The number of benzene rings is 3. The van der Waals surface area contributed by atoms with Crippen molar-refractivity contribution in [2.75, 3.05) is 26.0 Å². The van der Waals surface area contributed by atoms with Crippen LogP contribution < -0.4 is 5.56 Å².